The smallest absolute Gasteiger partial charge is 0.267 e. The molecule has 172 valence electrons. The maximum absolute atomic E-state index is 12.8. The molecule has 9 heteroatoms. The van der Waals surface area contributed by atoms with Crippen LogP contribution in [0, 0.1) is 0 Å². The second-order valence-corrected chi connectivity index (χ2v) is 8.64. The molecule has 1 saturated heterocycles. The number of piperidine rings is 1. The Labute approximate surface area is 191 Å². The molecule has 3 aromatic rings. The number of likely N-dealkylation sites (tertiary alicyclic amines) is 1. The summed E-state index contributed by atoms with van der Waals surface area (Å²) in [7, 11) is 0. The number of hydrogen-bond acceptors (Lipinski definition) is 7. The third-order valence-electron chi connectivity index (χ3n) is 6.48. The van der Waals surface area contributed by atoms with Crippen molar-refractivity contribution in [3.8, 4) is 0 Å². The van der Waals surface area contributed by atoms with Crippen LogP contribution >= 0.6 is 0 Å². The quantitative estimate of drug-likeness (QED) is 0.610. The molecular formula is C24H28N6O3. The summed E-state index contributed by atoms with van der Waals surface area (Å²) in [6.45, 7) is 3.92. The number of nitrogens with one attached hydrogen (secondary N) is 1. The van der Waals surface area contributed by atoms with Crippen LogP contribution < -0.4 is 10.9 Å². The predicted molar refractivity (Wildman–Crippen MR) is 123 cm³/mol. The highest BCUT2D eigenvalue weighted by molar-refractivity contribution is 5.97. The van der Waals surface area contributed by atoms with Crippen molar-refractivity contribution in [2.45, 2.75) is 44.9 Å². The van der Waals surface area contributed by atoms with Gasteiger partial charge in [-0.1, -0.05) is 6.42 Å². The van der Waals surface area contributed by atoms with E-state index in [2.05, 4.69) is 25.3 Å². The van der Waals surface area contributed by atoms with E-state index in [-0.39, 0.29) is 17.5 Å². The highest BCUT2D eigenvalue weighted by Gasteiger charge is 2.23. The number of fused-ring (bicyclic) bond motifs is 2. The van der Waals surface area contributed by atoms with E-state index >= 15 is 0 Å². The van der Waals surface area contributed by atoms with E-state index in [0.29, 0.717) is 37.4 Å². The van der Waals surface area contributed by atoms with Gasteiger partial charge in [-0.15, -0.1) is 0 Å². The number of amides is 1. The number of ether oxygens (including phenoxy) is 1. The molecular weight excluding hydrogens is 420 g/mol. The highest BCUT2D eigenvalue weighted by Crippen LogP contribution is 2.17. The Morgan fingerprint density at radius 3 is 2.91 bits per heavy atom. The summed E-state index contributed by atoms with van der Waals surface area (Å²) in [5.74, 6) is -0.108. The molecule has 0 spiro atoms. The fourth-order valence-corrected chi connectivity index (χ4v) is 4.64. The number of rotatable bonds is 6. The van der Waals surface area contributed by atoms with E-state index < -0.39 is 0 Å². The molecule has 2 aliphatic heterocycles. The van der Waals surface area contributed by atoms with Crippen LogP contribution in [0.15, 0.2) is 41.5 Å². The second kappa shape index (κ2) is 9.76. The SMILES string of the molecule is O=C(NCC1CCCCN1CCn1nc2c(cc1=O)COCC2)c1ccc2nccnc2c1. The Bertz CT molecular complexity index is 1210. The van der Waals surface area contributed by atoms with Gasteiger partial charge in [-0.05, 0) is 37.6 Å². The first kappa shape index (κ1) is 21.7. The third kappa shape index (κ3) is 4.94. The van der Waals surface area contributed by atoms with E-state index in [1.165, 1.54) is 0 Å². The molecule has 1 unspecified atom stereocenters. The summed E-state index contributed by atoms with van der Waals surface area (Å²) in [5, 5.41) is 7.66. The van der Waals surface area contributed by atoms with Gasteiger partial charge < -0.3 is 10.1 Å². The summed E-state index contributed by atoms with van der Waals surface area (Å²) in [6, 6.07) is 7.27. The lowest BCUT2D eigenvalue weighted by molar-refractivity contribution is 0.0907. The summed E-state index contributed by atoms with van der Waals surface area (Å²) in [5.41, 5.74) is 3.84. The largest absolute Gasteiger partial charge is 0.376 e. The van der Waals surface area contributed by atoms with E-state index in [9.17, 15) is 9.59 Å². The van der Waals surface area contributed by atoms with E-state index in [1.807, 2.05) is 6.07 Å². The average molecular weight is 449 g/mol. The maximum atomic E-state index is 12.8. The van der Waals surface area contributed by atoms with Crippen molar-refractivity contribution in [2.24, 2.45) is 0 Å². The van der Waals surface area contributed by atoms with Gasteiger partial charge in [0.15, 0.2) is 0 Å². The van der Waals surface area contributed by atoms with Gasteiger partial charge in [0.05, 0.1) is 36.5 Å². The minimum atomic E-state index is -0.108. The first-order chi connectivity index (χ1) is 16.2. The van der Waals surface area contributed by atoms with Crippen LogP contribution in [0.3, 0.4) is 0 Å². The topological polar surface area (TPSA) is 102 Å². The van der Waals surface area contributed by atoms with Crippen molar-refractivity contribution in [1.82, 2.24) is 30.0 Å². The van der Waals surface area contributed by atoms with Crippen LogP contribution in [0.25, 0.3) is 11.0 Å². The molecule has 4 heterocycles. The Morgan fingerprint density at radius 1 is 1.12 bits per heavy atom. The minimum absolute atomic E-state index is 0.0829. The van der Waals surface area contributed by atoms with Crippen molar-refractivity contribution in [1.29, 1.82) is 0 Å². The van der Waals surface area contributed by atoms with Crippen molar-refractivity contribution in [3.63, 3.8) is 0 Å². The first-order valence-corrected chi connectivity index (χ1v) is 11.6. The van der Waals surface area contributed by atoms with Crippen LogP contribution in [0.4, 0.5) is 0 Å². The fourth-order valence-electron chi connectivity index (χ4n) is 4.64. The molecule has 1 aromatic carbocycles. The lowest BCUT2D eigenvalue weighted by Crippen LogP contribution is -2.48. The Hall–Kier alpha value is -3.17. The van der Waals surface area contributed by atoms with Gasteiger partial charge in [-0.2, -0.15) is 5.10 Å². The molecule has 0 saturated carbocycles. The van der Waals surface area contributed by atoms with Gasteiger partial charge >= 0.3 is 0 Å². The number of benzene rings is 1. The molecule has 2 aromatic heterocycles. The number of hydrogen-bond donors (Lipinski definition) is 1. The lowest BCUT2D eigenvalue weighted by atomic mass is 10.0. The first-order valence-electron chi connectivity index (χ1n) is 11.6. The lowest BCUT2D eigenvalue weighted by Gasteiger charge is -2.35. The van der Waals surface area contributed by atoms with Gasteiger partial charge in [0.1, 0.15) is 0 Å². The molecule has 1 amide bonds. The molecule has 0 aliphatic carbocycles. The summed E-state index contributed by atoms with van der Waals surface area (Å²) in [6.07, 6.45) is 7.29. The van der Waals surface area contributed by atoms with Crippen molar-refractivity contribution in [3.05, 3.63) is 63.8 Å². The molecule has 1 N–H and O–H groups in total. The highest BCUT2D eigenvalue weighted by atomic mass is 16.5. The second-order valence-electron chi connectivity index (χ2n) is 8.64. The molecule has 0 radical (unpaired) electrons. The monoisotopic (exact) mass is 448 g/mol. The average Bonchev–Trinajstić information content (AvgIpc) is 2.86. The van der Waals surface area contributed by atoms with Gasteiger partial charge in [0.25, 0.3) is 11.5 Å². The maximum Gasteiger partial charge on any atom is 0.267 e. The molecule has 5 rings (SSSR count). The third-order valence-corrected chi connectivity index (χ3v) is 6.48. The predicted octanol–water partition coefficient (Wildman–Crippen LogP) is 1.54. The van der Waals surface area contributed by atoms with Gasteiger partial charge in [-0.25, -0.2) is 4.68 Å². The molecule has 33 heavy (non-hydrogen) atoms. The normalized spacial score (nSPS) is 18.7. The van der Waals surface area contributed by atoms with Gasteiger partial charge in [-0.3, -0.25) is 24.5 Å². The van der Waals surface area contributed by atoms with E-state index in [0.717, 1.165) is 55.5 Å². The van der Waals surface area contributed by atoms with Gasteiger partial charge in [0, 0.05) is 55.1 Å². The minimum Gasteiger partial charge on any atom is -0.376 e. The Morgan fingerprint density at radius 2 is 2.00 bits per heavy atom. The molecule has 1 fully saturated rings. The Balaban J connectivity index is 1.21. The van der Waals surface area contributed by atoms with Crippen molar-refractivity contribution < 1.29 is 9.53 Å². The Kier molecular flexibility index (Phi) is 6.41. The zero-order valence-corrected chi connectivity index (χ0v) is 18.6. The van der Waals surface area contributed by atoms with E-state index in [4.69, 9.17) is 4.74 Å². The number of aromatic nitrogens is 4. The molecule has 2 aliphatic rings. The van der Waals surface area contributed by atoms with E-state index in [1.54, 1.807) is 35.3 Å². The standard InChI is InChI=1S/C24H28N6O3/c31-23-14-18-16-33-12-6-20(18)28-30(23)11-10-29-9-2-1-3-19(29)15-27-24(32)17-4-5-21-22(13-17)26-8-7-25-21/h4-5,7-8,13-14,19H,1-3,6,9-12,15-16H2,(H,27,32). The number of nitrogens with zero attached hydrogens (tertiary/aromatic N) is 5. The zero-order valence-electron chi connectivity index (χ0n) is 18.6. The summed E-state index contributed by atoms with van der Waals surface area (Å²) < 4.78 is 7.00. The summed E-state index contributed by atoms with van der Waals surface area (Å²) in [4.78, 5) is 36.1. The van der Waals surface area contributed by atoms with Crippen LogP contribution in [0.5, 0.6) is 0 Å². The van der Waals surface area contributed by atoms with Crippen LogP contribution in [-0.4, -0.2) is 62.8 Å². The molecule has 1 atom stereocenters. The van der Waals surface area contributed by atoms with Gasteiger partial charge in [0.2, 0.25) is 0 Å². The number of carbonyl (C=O) groups is 1. The zero-order chi connectivity index (χ0) is 22.6. The molecule has 0 bridgehead atoms. The summed E-state index contributed by atoms with van der Waals surface area (Å²) >= 11 is 0. The van der Waals surface area contributed by atoms with Crippen LogP contribution in [-0.2, 0) is 24.3 Å². The van der Waals surface area contributed by atoms with Crippen molar-refractivity contribution >= 4 is 16.9 Å². The number of carbonyl (C=O) groups excluding carboxylic acids is 1. The van der Waals surface area contributed by atoms with Crippen LogP contribution in [0.1, 0.15) is 40.9 Å². The molecule has 9 nitrogen and oxygen atoms in total. The van der Waals surface area contributed by atoms with Crippen LogP contribution in [0.2, 0.25) is 0 Å². The fraction of sp³-hybridized carbons (Fsp3) is 0.458. The van der Waals surface area contributed by atoms with Crippen molar-refractivity contribution in [2.75, 3.05) is 26.2 Å².